The summed E-state index contributed by atoms with van der Waals surface area (Å²) >= 11 is 0. The van der Waals surface area contributed by atoms with Crippen molar-refractivity contribution in [3.8, 4) is 11.1 Å². The number of benzene rings is 3. The quantitative estimate of drug-likeness (QED) is 0.389. The summed E-state index contributed by atoms with van der Waals surface area (Å²) in [5.74, 6) is -4.72. The van der Waals surface area contributed by atoms with Crippen molar-refractivity contribution >= 4 is 11.9 Å². The fraction of sp³-hybridized carbons (Fsp3) is 0.231. The SMILES string of the molecule is N[C@H](Cc1ccccc1C(F)(F)F)[C@H](C(=O)O)C(=O)OCC1c2ccccc2-c2ccccc21. The number of carbonyl (C=O) groups is 2. The fourth-order valence-corrected chi connectivity index (χ4v) is 4.50. The van der Waals surface area contributed by atoms with Gasteiger partial charge < -0.3 is 15.6 Å². The van der Waals surface area contributed by atoms with E-state index in [-0.39, 0.29) is 18.1 Å². The molecule has 0 saturated heterocycles. The van der Waals surface area contributed by atoms with Crippen molar-refractivity contribution in [3.05, 3.63) is 95.1 Å². The van der Waals surface area contributed by atoms with Crippen LogP contribution < -0.4 is 5.73 Å². The van der Waals surface area contributed by atoms with Gasteiger partial charge in [0, 0.05) is 12.0 Å². The Morgan fingerprint density at radius 2 is 1.44 bits per heavy atom. The average molecular weight is 469 g/mol. The smallest absolute Gasteiger partial charge is 0.416 e. The standard InChI is InChI=1S/C26H22F3NO4/c27-26(28,29)21-12-6-1-7-15(21)13-22(30)23(24(31)32)25(33)34-14-20-18-10-4-2-8-16(18)17-9-3-5-11-19(17)20/h1-12,20,22-23H,13-14,30H2,(H,31,32)/t22-,23-/m1/s1. The topological polar surface area (TPSA) is 89.6 Å². The molecule has 0 unspecified atom stereocenters. The summed E-state index contributed by atoms with van der Waals surface area (Å²) in [5.41, 5.74) is 8.78. The molecule has 0 amide bonds. The Balaban J connectivity index is 1.51. The molecule has 3 aromatic carbocycles. The van der Waals surface area contributed by atoms with Gasteiger partial charge in [0.2, 0.25) is 0 Å². The van der Waals surface area contributed by atoms with Gasteiger partial charge in [-0.1, -0.05) is 66.7 Å². The molecule has 8 heteroatoms. The summed E-state index contributed by atoms with van der Waals surface area (Å²) in [6.07, 6.45) is -5.07. The van der Waals surface area contributed by atoms with E-state index in [0.717, 1.165) is 28.3 Å². The summed E-state index contributed by atoms with van der Waals surface area (Å²) < 4.78 is 45.3. The van der Waals surface area contributed by atoms with E-state index in [1.54, 1.807) is 0 Å². The van der Waals surface area contributed by atoms with Crippen molar-refractivity contribution in [2.24, 2.45) is 11.7 Å². The van der Waals surface area contributed by atoms with Crippen LogP contribution in [0.15, 0.2) is 72.8 Å². The molecule has 0 saturated carbocycles. The number of nitrogens with two attached hydrogens (primary N) is 1. The number of esters is 1. The lowest BCUT2D eigenvalue weighted by Gasteiger charge is -2.22. The Kier molecular flexibility index (Phi) is 6.43. The number of fused-ring (bicyclic) bond motifs is 3. The summed E-state index contributed by atoms with van der Waals surface area (Å²) in [5, 5.41) is 9.63. The Morgan fingerprint density at radius 3 is 2.00 bits per heavy atom. The molecule has 0 fully saturated rings. The van der Waals surface area contributed by atoms with Crippen LogP contribution in [0, 0.1) is 5.92 Å². The number of hydrogen-bond acceptors (Lipinski definition) is 4. The highest BCUT2D eigenvalue weighted by Gasteiger charge is 2.38. The number of halogens is 3. The van der Waals surface area contributed by atoms with E-state index < -0.39 is 42.1 Å². The molecule has 34 heavy (non-hydrogen) atoms. The van der Waals surface area contributed by atoms with Gasteiger partial charge in [0.05, 0.1) is 5.56 Å². The number of rotatable bonds is 7. The summed E-state index contributed by atoms with van der Waals surface area (Å²) in [6, 6.07) is 18.7. The van der Waals surface area contributed by atoms with Crippen molar-refractivity contribution < 1.29 is 32.6 Å². The Hall–Kier alpha value is -3.65. The summed E-state index contributed by atoms with van der Waals surface area (Å²) in [4.78, 5) is 24.6. The van der Waals surface area contributed by atoms with Crippen molar-refractivity contribution in [1.82, 2.24) is 0 Å². The molecule has 0 heterocycles. The molecule has 0 aliphatic heterocycles. The molecule has 5 nitrogen and oxygen atoms in total. The molecule has 176 valence electrons. The van der Waals surface area contributed by atoms with Crippen LogP contribution in [0.3, 0.4) is 0 Å². The van der Waals surface area contributed by atoms with E-state index in [1.165, 1.54) is 18.2 Å². The lowest BCUT2D eigenvalue weighted by molar-refractivity contribution is -0.159. The predicted octanol–water partition coefficient (Wildman–Crippen LogP) is 4.63. The summed E-state index contributed by atoms with van der Waals surface area (Å²) in [6.45, 7) is -0.109. The van der Waals surface area contributed by atoms with Crippen LogP contribution in [0.2, 0.25) is 0 Å². The molecule has 1 aliphatic rings. The molecule has 3 N–H and O–H groups in total. The third kappa shape index (κ3) is 4.54. The maximum atomic E-state index is 13.3. The predicted molar refractivity (Wildman–Crippen MR) is 119 cm³/mol. The Morgan fingerprint density at radius 1 is 0.912 bits per heavy atom. The average Bonchev–Trinajstić information content (AvgIpc) is 3.11. The first kappa shape index (κ1) is 23.5. The minimum atomic E-state index is -4.63. The van der Waals surface area contributed by atoms with E-state index in [1.807, 2.05) is 48.5 Å². The largest absolute Gasteiger partial charge is 0.481 e. The van der Waals surface area contributed by atoms with Gasteiger partial charge in [-0.05, 0) is 40.3 Å². The third-order valence-corrected chi connectivity index (χ3v) is 6.08. The van der Waals surface area contributed by atoms with Crippen LogP contribution in [0.25, 0.3) is 11.1 Å². The monoisotopic (exact) mass is 469 g/mol. The number of carboxylic acids is 1. The first-order valence-electron chi connectivity index (χ1n) is 10.7. The van der Waals surface area contributed by atoms with Crippen LogP contribution in [0.1, 0.15) is 28.2 Å². The van der Waals surface area contributed by atoms with Gasteiger partial charge >= 0.3 is 18.1 Å². The maximum absolute atomic E-state index is 13.3. The minimum absolute atomic E-state index is 0.109. The number of carboxylic acid groups (broad SMARTS) is 1. The van der Waals surface area contributed by atoms with E-state index >= 15 is 0 Å². The highest BCUT2D eigenvalue weighted by Crippen LogP contribution is 2.44. The zero-order chi connectivity index (χ0) is 24.5. The first-order valence-corrected chi connectivity index (χ1v) is 10.7. The van der Waals surface area contributed by atoms with E-state index in [2.05, 4.69) is 0 Å². The minimum Gasteiger partial charge on any atom is -0.481 e. The molecule has 3 aromatic rings. The third-order valence-electron chi connectivity index (χ3n) is 6.08. The molecule has 4 rings (SSSR count). The van der Waals surface area contributed by atoms with Gasteiger partial charge in [-0.15, -0.1) is 0 Å². The molecule has 0 radical (unpaired) electrons. The van der Waals surface area contributed by atoms with Crippen molar-refractivity contribution in [1.29, 1.82) is 0 Å². The number of carbonyl (C=O) groups excluding carboxylic acids is 1. The lowest BCUT2D eigenvalue weighted by atomic mass is 9.91. The fourth-order valence-electron chi connectivity index (χ4n) is 4.50. The van der Waals surface area contributed by atoms with Gasteiger partial charge in [-0.25, -0.2) is 0 Å². The molecule has 0 aromatic heterocycles. The first-order chi connectivity index (χ1) is 16.2. The second kappa shape index (κ2) is 9.30. The van der Waals surface area contributed by atoms with Crippen molar-refractivity contribution in [2.75, 3.05) is 6.61 Å². The van der Waals surface area contributed by atoms with Gasteiger partial charge in [-0.3, -0.25) is 9.59 Å². The maximum Gasteiger partial charge on any atom is 0.416 e. The molecular weight excluding hydrogens is 447 g/mol. The highest BCUT2D eigenvalue weighted by molar-refractivity contribution is 5.95. The second-order valence-corrected chi connectivity index (χ2v) is 8.20. The van der Waals surface area contributed by atoms with E-state index in [4.69, 9.17) is 10.5 Å². The zero-order valence-electron chi connectivity index (χ0n) is 18.0. The molecule has 1 aliphatic carbocycles. The molecular formula is C26H22F3NO4. The van der Waals surface area contributed by atoms with E-state index in [0.29, 0.717) is 0 Å². The number of aliphatic carboxylic acids is 1. The molecule has 0 bridgehead atoms. The highest BCUT2D eigenvalue weighted by atomic mass is 19.4. The van der Waals surface area contributed by atoms with Gasteiger partial charge in [0.25, 0.3) is 0 Å². The zero-order valence-corrected chi connectivity index (χ0v) is 18.0. The second-order valence-electron chi connectivity index (χ2n) is 8.20. The van der Waals surface area contributed by atoms with Crippen molar-refractivity contribution in [3.63, 3.8) is 0 Å². The van der Waals surface area contributed by atoms with Gasteiger partial charge in [0.1, 0.15) is 6.61 Å². The van der Waals surface area contributed by atoms with Crippen molar-refractivity contribution in [2.45, 2.75) is 24.6 Å². The van der Waals surface area contributed by atoms with Crippen LogP contribution >= 0.6 is 0 Å². The lowest BCUT2D eigenvalue weighted by Crippen LogP contribution is -2.43. The van der Waals surface area contributed by atoms with Gasteiger partial charge in [-0.2, -0.15) is 13.2 Å². The number of hydrogen-bond donors (Lipinski definition) is 2. The van der Waals surface area contributed by atoms with Crippen LogP contribution in [0.5, 0.6) is 0 Å². The summed E-state index contributed by atoms with van der Waals surface area (Å²) in [7, 11) is 0. The Labute approximate surface area is 194 Å². The van der Waals surface area contributed by atoms with Gasteiger partial charge in [0.15, 0.2) is 5.92 Å². The van der Waals surface area contributed by atoms with E-state index in [9.17, 15) is 27.9 Å². The molecule has 0 spiro atoms. The Bertz CT molecular complexity index is 1180. The normalized spacial score (nSPS) is 14.7. The van der Waals surface area contributed by atoms with Crippen LogP contribution in [0.4, 0.5) is 13.2 Å². The number of ether oxygens (including phenoxy) is 1. The molecule has 2 atom stereocenters. The van der Waals surface area contributed by atoms with Crippen LogP contribution in [-0.2, 0) is 26.9 Å². The van der Waals surface area contributed by atoms with Crippen LogP contribution in [-0.4, -0.2) is 29.7 Å². The number of alkyl halides is 3.